The zero-order valence-corrected chi connectivity index (χ0v) is 7.50. The van der Waals surface area contributed by atoms with Gasteiger partial charge in [0, 0.05) is 17.5 Å². The fourth-order valence-corrected chi connectivity index (χ4v) is 1.86. The lowest BCUT2D eigenvalue weighted by molar-refractivity contribution is 0.0946. The molecule has 1 aromatic carbocycles. The average Bonchev–Trinajstić information content (AvgIpc) is 2.62. The minimum atomic E-state index is 0.0164. The van der Waals surface area contributed by atoms with E-state index in [1.807, 2.05) is 12.1 Å². The summed E-state index contributed by atoms with van der Waals surface area (Å²) < 4.78 is 0. The van der Waals surface area contributed by atoms with Crippen LogP contribution in [0.2, 0.25) is 0 Å². The number of carbonyl (C=O) groups is 1. The van der Waals surface area contributed by atoms with Crippen LogP contribution in [0, 0.1) is 0 Å². The first-order valence-corrected chi connectivity index (χ1v) is 4.59. The Balaban J connectivity index is 2.32. The van der Waals surface area contributed by atoms with Gasteiger partial charge in [-0.05, 0) is 24.1 Å². The fourth-order valence-electron chi connectivity index (χ4n) is 1.86. The van der Waals surface area contributed by atoms with Gasteiger partial charge in [-0.3, -0.25) is 9.89 Å². The van der Waals surface area contributed by atoms with Crippen LogP contribution in [0.15, 0.2) is 18.3 Å². The third kappa shape index (κ3) is 0.937. The zero-order chi connectivity index (χ0) is 9.54. The van der Waals surface area contributed by atoms with Crippen molar-refractivity contribution in [1.82, 2.24) is 15.5 Å². The molecule has 1 amide bonds. The summed E-state index contributed by atoms with van der Waals surface area (Å²) in [6.45, 7) is 0.731. The maximum atomic E-state index is 11.5. The van der Waals surface area contributed by atoms with Crippen LogP contribution in [0.1, 0.15) is 15.9 Å². The molecule has 0 fully saturated rings. The summed E-state index contributed by atoms with van der Waals surface area (Å²) in [7, 11) is 0. The van der Waals surface area contributed by atoms with Gasteiger partial charge < -0.3 is 5.32 Å². The van der Waals surface area contributed by atoms with E-state index >= 15 is 0 Å². The van der Waals surface area contributed by atoms with Crippen molar-refractivity contribution < 1.29 is 4.79 Å². The molecule has 14 heavy (non-hydrogen) atoms. The van der Waals surface area contributed by atoms with Gasteiger partial charge in [0.15, 0.2) is 0 Å². The van der Waals surface area contributed by atoms with Crippen molar-refractivity contribution in [3.05, 3.63) is 29.5 Å². The standard InChI is InChI=1S/C10H9N3O/c14-10-8-4-9-7(5-12-13-9)3-6(8)1-2-11-10/h3-5H,1-2H2,(H,11,14)(H,12,13). The molecule has 70 valence electrons. The van der Waals surface area contributed by atoms with Crippen LogP contribution < -0.4 is 5.32 Å². The Labute approximate surface area is 80.3 Å². The summed E-state index contributed by atoms with van der Waals surface area (Å²) in [5.74, 6) is 0.0164. The number of nitrogens with one attached hydrogen (secondary N) is 2. The second-order valence-electron chi connectivity index (χ2n) is 3.47. The number of hydrogen-bond donors (Lipinski definition) is 2. The van der Waals surface area contributed by atoms with E-state index in [1.165, 1.54) is 0 Å². The van der Waals surface area contributed by atoms with Crippen molar-refractivity contribution in [2.45, 2.75) is 6.42 Å². The first kappa shape index (κ1) is 7.55. The highest BCUT2D eigenvalue weighted by atomic mass is 16.1. The highest BCUT2D eigenvalue weighted by Crippen LogP contribution is 2.20. The molecule has 3 rings (SSSR count). The van der Waals surface area contributed by atoms with Gasteiger partial charge >= 0.3 is 0 Å². The molecular weight excluding hydrogens is 178 g/mol. The number of aromatic amines is 1. The van der Waals surface area contributed by atoms with E-state index < -0.39 is 0 Å². The molecule has 1 aliphatic rings. The number of rotatable bonds is 0. The number of benzene rings is 1. The number of hydrogen-bond acceptors (Lipinski definition) is 2. The van der Waals surface area contributed by atoms with Gasteiger partial charge in [-0.15, -0.1) is 0 Å². The molecule has 0 saturated heterocycles. The predicted octanol–water partition coefficient (Wildman–Crippen LogP) is 0.849. The molecule has 1 aliphatic heterocycles. The summed E-state index contributed by atoms with van der Waals surface area (Å²) in [6.07, 6.45) is 2.68. The van der Waals surface area contributed by atoms with Gasteiger partial charge in [-0.2, -0.15) is 5.10 Å². The molecule has 0 bridgehead atoms. The second-order valence-corrected chi connectivity index (χ2v) is 3.47. The Morgan fingerprint density at radius 3 is 3.21 bits per heavy atom. The van der Waals surface area contributed by atoms with Crippen LogP contribution in [0.4, 0.5) is 0 Å². The van der Waals surface area contributed by atoms with Gasteiger partial charge in [0.25, 0.3) is 5.91 Å². The maximum absolute atomic E-state index is 11.5. The first-order valence-electron chi connectivity index (χ1n) is 4.59. The number of fused-ring (bicyclic) bond motifs is 2. The quantitative estimate of drug-likeness (QED) is 0.642. The highest BCUT2D eigenvalue weighted by molar-refractivity contribution is 6.00. The summed E-state index contributed by atoms with van der Waals surface area (Å²) in [4.78, 5) is 11.5. The summed E-state index contributed by atoms with van der Waals surface area (Å²) in [5.41, 5.74) is 2.80. The summed E-state index contributed by atoms with van der Waals surface area (Å²) >= 11 is 0. The number of amides is 1. The van der Waals surface area contributed by atoms with Gasteiger partial charge in [0.2, 0.25) is 0 Å². The SMILES string of the molecule is O=C1NCCc2cc3cn[nH]c3cc21. The third-order valence-corrected chi connectivity index (χ3v) is 2.59. The molecule has 0 spiro atoms. The Kier molecular flexibility index (Phi) is 1.39. The lowest BCUT2D eigenvalue weighted by atomic mass is 9.99. The molecule has 2 aromatic rings. The van der Waals surface area contributed by atoms with E-state index in [-0.39, 0.29) is 5.91 Å². The molecule has 4 nitrogen and oxygen atoms in total. The topological polar surface area (TPSA) is 57.8 Å². The highest BCUT2D eigenvalue weighted by Gasteiger charge is 2.17. The monoisotopic (exact) mass is 187 g/mol. The lowest BCUT2D eigenvalue weighted by Gasteiger charge is -2.15. The Hall–Kier alpha value is -1.84. The molecule has 2 N–H and O–H groups in total. The Morgan fingerprint density at radius 2 is 2.29 bits per heavy atom. The molecule has 4 heteroatoms. The molecule has 0 aliphatic carbocycles. The normalized spacial score (nSPS) is 15.3. The van der Waals surface area contributed by atoms with E-state index in [4.69, 9.17) is 0 Å². The molecule has 2 heterocycles. The van der Waals surface area contributed by atoms with Crippen molar-refractivity contribution in [3.63, 3.8) is 0 Å². The van der Waals surface area contributed by atoms with E-state index in [0.29, 0.717) is 0 Å². The molecule has 0 radical (unpaired) electrons. The van der Waals surface area contributed by atoms with Gasteiger partial charge in [-0.25, -0.2) is 0 Å². The zero-order valence-electron chi connectivity index (χ0n) is 7.50. The van der Waals surface area contributed by atoms with Crippen LogP contribution in [0.5, 0.6) is 0 Å². The number of aromatic nitrogens is 2. The Bertz CT molecular complexity index is 515. The Morgan fingerprint density at radius 1 is 1.36 bits per heavy atom. The van der Waals surface area contributed by atoms with E-state index in [0.717, 1.165) is 35.0 Å². The smallest absolute Gasteiger partial charge is 0.251 e. The van der Waals surface area contributed by atoms with Crippen LogP contribution in [0.3, 0.4) is 0 Å². The van der Waals surface area contributed by atoms with Crippen LogP contribution >= 0.6 is 0 Å². The number of H-pyrrole nitrogens is 1. The van der Waals surface area contributed by atoms with Crippen molar-refractivity contribution in [1.29, 1.82) is 0 Å². The number of nitrogens with zero attached hydrogens (tertiary/aromatic N) is 1. The molecule has 0 saturated carbocycles. The van der Waals surface area contributed by atoms with Gasteiger partial charge in [0.05, 0.1) is 11.7 Å². The minimum Gasteiger partial charge on any atom is -0.352 e. The van der Waals surface area contributed by atoms with Crippen molar-refractivity contribution in [2.75, 3.05) is 6.54 Å². The van der Waals surface area contributed by atoms with E-state index in [2.05, 4.69) is 15.5 Å². The van der Waals surface area contributed by atoms with Crippen molar-refractivity contribution in [2.24, 2.45) is 0 Å². The van der Waals surface area contributed by atoms with Gasteiger partial charge in [0.1, 0.15) is 0 Å². The lowest BCUT2D eigenvalue weighted by Crippen LogP contribution is -2.31. The molecule has 0 atom stereocenters. The fraction of sp³-hybridized carbons (Fsp3) is 0.200. The molecular formula is C10H9N3O. The maximum Gasteiger partial charge on any atom is 0.251 e. The molecule has 0 unspecified atom stereocenters. The van der Waals surface area contributed by atoms with Crippen LogP contribution in [-0.2, 0) is 6.42 Å². The third-order valence-electron chi connectivity index (χ3n) is 2.59. The van der Waals surface area contributed by atoms with Crippen LogP contribution in [-0.4, -0.2) is 22.6 Å². The molecule has 1 aromatic heterocycles. The largest absolute Gasteiger partial charge is 0.352 e. The summed E-state index contributed by atoms with van der Waals surface area (Å²) in [6, 6.07) is 3.90. The minimum absolute atomic E-state index is 0.0164. The van der Waals surface area contributed by atoms with E-state index in [1.54, 1.807) is 6.20 Å². The van der Waals surface area contributed by atoms with Gasteiger partial charge in [-0.1, -0.05) is 0 Å². The number of carbonyl (C=O) groups excluding carboxylic acids is 1. The first-order chi connectivity index (χ1) is 6.84. The van der Waals surface area contributed by atoms with E-state index in [9.17, 15) is 4.79 Å². The van der Waals surface area contributed by atoms with Crippen molar-refractivity contribution in [3.8, 4) is 0 Å². The second kappa shape index (κ2) is 2.57. The predicted molar refractivity (Wildman–Crippen MR) is 52.1 cm³/mol. The van der Waals surface area contributed by atoms with Crippen LogP contribution in [0.25, 0.3) is 10.9 Å². The van der Waals surface area contributed by atoms with Crippen molar-refractivity contribution >= 4 is 16.8 Å². The summed E-state index contributed by atoms with van der Waals surface area (Å²) in [5, 5.41) is 10.7. The average molecular weight is 187 g/mol.